The van der Waals surface area contributed by atoms with Crippen molar-refractivity contribution in [2.45, 2.75) is 26.9 Å². The number of aryl methyl sites for hydroxylation is 2. The van der Waals surface area contributed by atoms with Crippen LogP contribution in [0.15, 0.2) is 63.8 Å². The van der Waals surface area contributed by atoms with Crippen LogP contribution in [0.3, 0.4) is 0 Å². The zero-order valence-electron chi connectivity index (χ0n) is 16.2. The molecule has 0 aliphatic rings. The molecule has 7 nitrogen and oxygen atoms in total. The Morgan fingerprint density at radius 1 is 1.03 bits per heavy atom. The van der Waals surface area contributed by atoms with Gasteiger partial charge in [-0.25, -0.2) is 9.67 Å². The molecule has 4 rings (SSSR count). The predicted molar refractivity (Wildman–Crippen MR) is 109 cm³/mol. The summed E-state index contributed by atoms with van der Waals surface area (Å²) >= 11 is 0. The van der Waals surface area contributed by atoms with Crippen LogP contribution in [0.25, 0.3) is 10.8 Å². The first kappa shape index (κ1) is 18.6. The molecule has 1 amide bonds. The number of hydrogen-bond donors (Lipinski definition) is 1. The van der Waals surface area contributed by atoms with E-state index in [9.17, 15) is 9.59 Å². The number of oxazole rings is 1. The van der Waals surface area contributed by atoms with Crippen LogP contribution >= 0.6 is 0 Å². The third-order valence-corrected chi connectivity index (χ3v) is 4.73. The molecule has 0 unspecified atom stereocenters. The van der Waals surface area contributed by atoms with Crippen LogP contribution in [0, 0.1) is 13.8 Å². The average molecular weight is 388 g/mol. The minimum atomic E-state index is -0.392. The lowest BCUT2D eigenvalue weighted by Crippen LogP contribution is -2.30. The topological polar surface area (TPSA) is 90.0 Å². The van der Waals surface area contributed by atoms with Crippen LogP contribution < -0.4 is 10.9 Å². The Bertz CT molecular complexity index is 1220. The largest absolute Gasteiger partial charge is 0.444 e. The van der Waals surface area contributed by atoms with Crippen molar-refractivity contribution in [3.63, 3.8) is 0 Å². The Morgan fingerprint density at radius 2 is 1.72 bits per heavy atom. The summed E-state index contributed by atoms with van der Waals surface area (Å²) in [6.07, 6.45) is 0. The molecule has 0 saturated carbocycles. The Morgan fingerprint density at radius 3 is 2.41 bits per heavy atom. The lowest BCUT2D eigenvalue weighted by molar-refractivity contribution is 0.0941. The molecule has 1 N–H and O–H groups in total. The number of nitrogens with one attached hydrogen (secondary N) is 1. The second kappa shape index (κ2) is 7.71. The Kier molecular flexibility index (Phi) is 4.95. The van der Waals surface area contributed by atoms with Gasteiger partial charge in [-0.3, -0.25) is 9.59 Å². The molecule has 0 fully saturated rings. The van der Waals surface area contributed by atoms with Crippen molar-refractivity contribution in [2.75, 3.05) is 0 Å². The van der Waals surface area contributed by atoms with E-state index in [2.05, 4.69) is 15.4 Å². The highest BCUT2D eigenvalue weighted by molar-refractivity contribution is 6.04. The van der Waals surface area contributed by atoms with E-state index in [0.717, 1.165) is 11.3 Å². The minimum absolute atomic E-state index is 0.140. The van der Waals surface area contributed by atoms with E-state index < -0.39 is 5.91 Å². The molecule has 0 atom stereocenters. The van der Waals surface area contributed by atoms with E-state index in [1.165, 1.54) is 4.68 Å². The van der Waals surface area contributed by atoms with Gasteiger partial charge in [0.05, 0.1) is 24.2 Å². The van der Waals surface area contributed by atoms with Crippen molar-refractivity contribution in [3.8, 4) is 0 Å². The number of fused-ring (bicyclic) bond motifs is 1. The van der Waals surface area contributed by atoms with Gasteiger partial charge in [-0.05, 0) is 25.5 Å². The van der Waals surface area contributed by atoms with Gasteiger partial charge in [-0.15, -0.1) is 0 Å². The van der Waals surface area contributed by atoms with Gasteiger partial charge in [0.1, 0.15) is 5.76 Å². The van der Waals surface area contributed by atoms with E-state index in [-0.39, 0.29) is 24.3 Å². The van der Waals surface area contributed by atoms with Gasteiger partial charge in [0.25, 0.3) is 11.5 Å². The fourth-order valence-corrected chi connectivity index (χ4v) is 3.12. The summed E-state index contributed by atoms with van der Waals surface area (Å²) in [6.45, 7) is 4.09. The number of hydrogen-bond acceptors (Lipinski definition) is 5. The van der Waals surface area contributed by atoms with Gasteiger partial charge in [0.2, 0.25) is 5.89 Å². The smallest absolute Gasteiger partial charge is 0.274 e. The number of nitrogens with zero attached hydrogens (tertiary/aromatic N) is 3. The van der Waals surface area contributed by atoms with Crippen LogP contribution in [-0.2, 0) is 13.1 Å². The fraction of sp³-hybridized carbons (Fsp3) is 0.182. The average Bonchev–Trinajstić information content (AvgIpc) is 3.06. The molecular weight excluding hydrogens is 368 g/mol. The van der Waals surface area contributed by atoms with E-state index in [1.54, 1.807) is 24.3 Å². The number of carbonyl (C=O) groups is 1. The van der Waals surface area contributed by atoms with Gasteiger partial charge in [0, 0.05) is 5.39 Å². The molecule has 0 saturated heterocycles. The molecular formula is C22H20N4O3. The van der Waals surface area contributed by atoms with Crippen LogP contribution in [-0.4, -0.2) is 20.7 Å². The van der Waals surface area contributed by atoms with Gasteiger partial charge in [-0.2, -0.15) is 5.10 Å². The Hall–Kier alpha value is -3.74. The van der Waals surface area contributed by atoms with Crippen molar-refractivity contribution in [2.24, 2.45) is 0 Å². The van der Waals surface area contributed by atoms with Crippen molar-refractivity contribution in [3.05, 3.63) is 93.6 Å². The summed E-state index contributed by atoms with van der Waals surface area (Å²) in [5, 5.41) is 8.12. The first-order chi connectivity index (χ1) is 14.0. The maximum absolute atomic E-state index is 12.9. The molecule has 146 valence electrons. The predicted octanol–water partition coefficient (Wildman–Crippen LogP) is 2.98. The van der Waals surface area contributed by atoms with Gasteiger partial charge >= 0.3 is 0 Å². The van der Waals surface area contributed by atoms with Crippen LogP contribution in [0.4, 0.5) is 0 Å². The standard InChI is InChI=1S/C22H20N4O3/c1-14-15(2)29-19(24-14)12-23-21(27)20-17-10-6-7-11-18(17)22(28)26(25-20)13-16-8-4-3-5-9-16/h3-11H,12-13H2,1-2H3,(H,23,27). The Balaban J connectivity index is 1.69. The fourth-order valence-electron chi connectivity index (χ4n) is 3.12. The molecule has 0 aliphatic carbocycles. The molecule has 4 aromatic rings. The first-order valence-electron chi connectivity index (χ1n) is 9.28. The first-order valence-corrected chi connectivity index (χ1v) is 9.28. The normalized spacial score (nSPS) is 11.0. The van der Waals surface area contributed by atoms with E-state index in [4.69, 9.17) is 4.42 Å². The summed E-state index contributed by atoms with van der Waals surface area (Å²) in [5.41, 5.74) is 1.67. The lowest BCUT2D eigenvalue weighted by Gasteiger charge is -2.11. The van der Waals surface area contributed by atoms with Gasteiger partial charge in [0.15, 0.2) is 5.69 Å². The van der Waals surface area contributed by atoms with Crippen molar-refractivity contribution in [1.29, 1.82) is 0 Å². The van der Waals surface area contributed by atoms with Crippen molar-refractivity contribution < 1.29 is 9.21 Å². The molecule has 2 aromatic heterocycles. The third kappa shape index (κ3) is 3.80. The molecule has 2 aromatic carbocycles. The van der Waals surface area contributed by atoms with Crippen molar-refractivity contribution in [1.82, 2.24) is 20.1 Å². The second-order valence-electron chi connectivity index (χ2n) is 6.77. The van der Waals surface area contributed by atoms with E-state index >= 15 is 0 Å². The van der Waals surface area contributed by atoms with Crippen LogP contribution in [0.1, 0.15) is 33.4 Å². The molecule has 2 heterocycles. The number of amides is 1. The number of benzene rings is 2. The third-order valence-electron chi connectivity index (χ3n) is 4.73. The molecule has 7 heteroatoms. The number of carbonyl (C=O) groups excluding carboxylic acids is 1. The molecule has 0 bridgehead atoms. The monoisotopic (exact) mass is 388 g/mol. The summed E-state index contributed by atoms with van der Waals surface area (Å²) in [7, 11) is 0. The Labute approximate surface area is 167 Å². The van der Waals surface area contributed by atoms with Crippen molar-refractivity contribution >= 4 is 16.7 Å². The highest BCUT2D eigenvalue weighted by Gasteiger charge is 2.17. The van der Waals surface area contributed by atoms with E-state index in [1.807, 2.05) is 44.2 Å². The SMILES string of the molecule is Cc1nc(CNC(=O)c2nn(Cc3ccccc3)c(=O)c3ccccc23)oc1C. The lowest BCUT2D eigenvalue weighted by atomic mass is 10.1. The van der Waals surface area contributed by atoms with Crippen LogP contribution in [0.5, 0.6) is 0 Å². The molecule has 0 aliphatic heterocycles. The zero-order valence-corrected chi connectivity index (χ0v) is 16.2. The highest BCUT2D eigenvalue weighted by atomic mass is 16.4. The quantitative estimate of drug-likeness (QED) is 0.568. The second-order valence-corrected chi connectivity index (χ2v) is 6.77. The zero-order chi connectivity index (χ0) is 20.4. The maximum atomic E-state index is 12.9. The van der Waals surface area contributed by atoms with Gasteiger partial charge < -0.3 is 9.73 Å². The number of aromatic nitrogens is 3. The molecule has 0 radical (unpaired) electrons. The van der Waals surface area contributed by atoms with Gasteiger partial charge in [-0.1, -0.05) is 48.5 Å². The summed E-state index contributed by atoms with van der Waals surface area (Å²) in [6, 6.07) is 16.5. The summed E-state index contributed by atoms with van der Waals surface area (Å²) in [5.74, 6) is 0.751. The molecule has 0 spiro atoms. The summed E-state index contributed by atoms with van der Waals surface area (Å²) < 4.78 is 6.83. The minimum Gasteiger partial charge on any atom is -0.444 e. The molecule has 29 heavy (non-hydrogen) atoms. The summed E-state index contributed by atoms with van der Waals surface area (Å²) in [4.78, 5) is 30.0. The maximum Gasteiger partial charge on any atom is 0.274 e. The van der Waals surface area contributed by atoms with Crippen LogP contribution in [0.2, 0.25) is 0 Å². The number of rotatable bonds is 5. The highest BCUT2D eigenvalue weighted by Crippen LogP contribution is 2.14. The van der Waals surface area contributed by atoms with E-state index in [0.29, 0.717) is 22.4 Å².